The second kappa shape index (κ2) is 20.1. The van der Waals surface area contributed by atoms with E-state index in [1.54, 1.807) is 77.7 Å². The van der Waals surface area contributed by atoms with Gasteiger partial charge in [0.05, 0.1) is 38.7 Å². The molecule has 9 aromatic rings. The number of nitrogens with two attached hydrogens (primary N) is 3. The predicted molar refractivity (Wildman–Crippen MR) is 281 cm³/mol. The number of rotatable bonds is 10. The van der Waals surface area contributed by atoms with E-state index in [1.807, 2.05) is 53.4 Å². The Morgan fingerprint density at radius 2 is 1.32 bits per heavy atom. The number of hydrogen-bond donors (Lipinski definition) is 5. The summed E-state index contributed by atoms with van der Waals surface area (Å²) in [5.74, 6) is -1.20. The first-order valence-corrected chi connectivity index (χ1v) is 26.2. The molecule has 0 radical (unpaired) electrons. The van der Waals surface area contributed by atoms with Crippen LogP contribution < -0.4 is 37.6 Å². The third kappa shape index (κ3) is 9.87. The fourth-order valence-electron chi connectivity index (χ4n) is 9.05. The number of fused-ring (bicyclic) bond motifs is 2. The fraction of sp³-hybridized carbons (Fsp3) is 0.192. The van der Waals surface area contributed by atoms with Gasteiger partial charge in [-0.3, -0.25) is 9.59 Å². The average molecular weight is 1010 g/mol. The van der Waals surface area contributed by atoms with Gasteiger partial charge in [-0.2, -0.15) is 0 Å². The molecule has 0 spiro atoms. The van der Waals surface area contributed by atoms with E-state index < -0.39 is 21.7 Å². The van der Waals surface area contributed by atoms with E-state index in [0.29, 0.717) is 63.0 Å². The number of furan rings is 1. The summed E-state index contributed by atoms with van der Waals surface area (Å²) in [5, 5.41) is 12.1. The Labute approximate surface area is 416 Å². The highest BCUT2D eigenvalue weighted by molar-refractivity contribution is 7.90. The Hall–Kier alpha value is -7.42. The largest absolute Gasteiger partial charge is 0.464 e. The van der Waals surface area contributed by atoms with Gasteiger partial charge < -0.3 is 42.1 Å². The Kier molecular flexibility index (Phi) is 13.4. The highest BCUT2D eigenvalue weighted by Gasteiger charge is 2.27. The maximum absolute atomic E-state index is 14.9. The van der Waals surface area contributed by atoms with Gasteiger partial charge >= 0.3 is 0 Å². The van der Waals surface area contributed by atoms with E-state index in [9.17, 15) is 22.4 Å². The summed E-state index contributed by atoms with van der Waals surface area (Å²) < 4.78 is 48.7. The van der Waals surface area contributed by atoms with Crippen LogP contribution in [0.2, 0.25) is 0 Å². The second-order valence-electron chi connectivity index (χ2n) is 17.4. The molecule has 8 N–H and O–H groups in total. The van der Waals surface area contributed by atoms with Gasteiger partial charge in [0.25, 0.3) is 21.8 Å². The minimum atomic E-state index is -3.86. The molecule has 15 nitrogen and oxygen atoms in total. The lowest BCUT2D eigenvalue weighted by Crippen LogP contribution is -2.43. The first-order chi connectivity index (χ1) is 34.4. The Balaban J connectivity index is 0.000000169. The molecule has 71 heavy (non-hydrogen) atoms. The zero-order valence-electron chi connectivity index (χ0n) is 38.2. The van der Waals surface area contributed by atoms with Crippen LogP contribution in [-0.4, -0.2) is 72.4 Å². The number of piperidine rings is 2. The minimum absolute atomic E-state index is 0.0640. The number of amides is 2. The average Bonchev–Trinajstić information content (AvgIpc) is 4.21. The van der Waals surface area contributed by atoms with Crippen LogP contribution in [0, 0.1) is 5.82 Å². The number of anilines is 5. The Morgan fingerprint density at radius 1 is 0.704 bits per heavy atom. The molecule has 0 aliphatic carbocycles. The molecule has 2 amide bonds. The van der Waals surface area contributed by atoms with Crippen LogP contribution in [0.25, 0.3) is 43.0 Å². The van der Waals surface area contributed by atoms with Crippen molar-refractivity contribution in [3.63, 3.8) is 0 Å². The molecule has 19 heteroatoms. The fourth-order valence-corrected chi connectivity index (χ4v) is 12.1. The summed E-state index contributed by atoms with van der Waals surface area (Å²) in [6.07, 6.45) is 6.96. The van der Waals surface area contributed by atoms with Crippen LogP contribution in [0.1, 0.15) is 46.7 Å². The summed E-state index contributed by atoms with van der Waals surface area (Å²) in [7, 11) is -3.86. The summed E-state index contributed by atoms with van der Waals surface area (Å²) in [6, 6.07) is 33.3. The molecule has 2 saturated heterocycles. The van der Waals surface area contributed by atoms with E-state index in [1.165, 1.54) is 38.9 Å². The lowest BCUT2D eigenvalue weighted by Gasteiger charge is -2.34. The van der Waals surface area contributed by atoms with E-state index in [4.69, 9.17) is 21.6 Å². The molecule has 2 fully saturated rings. The lowest BCUT2D eigenvalue weighted by molar-refractivity contribution is 0.101. The third-order valence-corrected chi connectivity index (χ3v) is 15.9. The van der Waals surface area contributed by atoms with Crippen LogP contribution in [-0.2, 0) is 10.0 Å². The van der Waals surface area contributed by atoms with Crippen molar-refractivity contribution in [3.05, 3.63) is 156 Å². The normalized spacial score (nSPS) is 16.2. The number of nitrogens with zero attached hydrogens (tertiary/aromatic N) is 5. The molecule has 0 saturated carbocycles. The highest BCUT2D eigenvalue weighted by atomic mass is 32.2. The molecule has 2 unspecified atom stereocenters. The van der Waals surface area contributed by atoms with Crippen molar-refractivity contribution in [2.24, 2.45) is 11.5 Å². The Morgan fingerprint density at radius 3 is 2.04 bits per heavy atom. The number of aromatic nitrogens is 3. The molecule has 11 rings (SSSR count). The summed E-state index contributed by atoms with van der Waals surface area (Å²) >= 11 is 2.64. The maximum atomic E-state index is 14.9. The van der Waals surface area contributed by atoms with E-state index in [2.05, 4.69) is 25.5 Å². The van der Waals surface area contributed by atoms with Crippen molar-refractivity contribution in [1.29, 1.82) is 0 Å². The van der Waals surface area contributed by atoms with E-state index >= 15 is 0 Å². The number of carbonyl (C=O) groups excluding carboxylic acids is 2. The standard InChI is InChI=1S/C29H26FN5O3S2.C23H23N5O2S/c30-23-12-6-13-24(27(23)34-15-7-8-19(31)16-34)32-28(36)25-18-39-29(33-25)22-17-35(26-14-5-4-11-21(22)26)40(37,38)20-9-2-1-3-10-20;24-14-7-8-20(28-9-3-4-15(25)11-28)18(10-14)26-22(29)19-13-31-23(27-19)17-12-30-21-6-2-1-5-16(17)21/h1-6,9-14,17-19H,7-8,15-16,31H2,(H,32,36);1-2,5-8,10,12-13,15H,3-4,9,11,24-25H2,(H,26,29). The summed E-state index contributed by atoms with van der Waals surface area (Å²) in [4.78, 5) is 39.6. The SMILES string of the molecule is NC1CCCN(c2c(F)cccc2NC(=O)c2csc(-c3cn(S(=O)(=O)c4ccccc4)c4ccccc34)n2)C1.Nc1ccc(N2CCCC(N)C2)c(NC(=O)c2csc(-c3coc4ccccc34)n2)c1. The topological polar surface area (TPSA) is 221 Å². The number of para-hydroxylation sites is 3. The Bertz CT molecular complexity index is 3520. The number of nitrogens with one attached hydrogen (secondary N) is 2. The van der Waals surface area contributed by atoms with Gasteiger partial charge in [0.2, 0.25) is 0 Å². The van der Waals surface area contributed by atoms with Crippen LogP contribution in [0.5, 0.6) is 0 Å². The van der Waals surface area contributed by atoms with Gasteiger partial charge in [-0.25, -0.2) is 26.7 Å². The quantitative estimate of drug-likeness (QED) is 0.0809. The number of benzene rings is 5. The third-order valence-electron chi connectivity index (χ3n) is 12.5. The van der Waals surface area contributed by atoms with Crippen molar-refractivity contribution >= 4 is 94.8 Å². The predicted octanol–water partition coefficient (Wildman–Crippen LogP) is 9.64. The number of thiazole rings is 2. The first kappa shape index (κ1) is 47.3. The van der Waals surface area contributed by atoms with Gasteiger partial charge in [0.15, 0.2) is 0 Å². The van der Waals surface area contributed by atoms with Crippen LogP contribution in [0.4, 0.5) is 32.8 Å². The lowest BCUT2D eigenvalue weighted by atomic mass is 10.1. The van der Waals surface area contributed by atoms with Gasteiger partial charge in [-0.05, 0) is 80.3 Å². The van der Waals surface area contributed by atoms with Gasteiger partial charge in [0, 0.05) is 77.2 Å². The monoisotopic (exact) mass is 1010 g/mol. The molecule has 4 aromatic heterocycles. The van der Waals surface area contributed by atoms with Gasteiger partial charge in [-0.15, -0.1) is 22.7 Å². The minimum Gasteiger partial charge on any atom is -0.464 e. The van der Waals surface area contributed by atoms with Crippen molar-refractivity contribution in [3.8, 4) is 21.1 Å². The zero-order valence-corrected chi connectivity index (χ0v) is 40.7. The molecule has 2 aliphatic heterocycles. The van der Waals surface area contributed by atoms with Crippen LogP contribution in [0.3, 0.4) is 0 Å². The van der Waals surface area contributed by atoms with Crippen molar-refractivity contribution in [1.82, 2.24) is 13.9 Å². The molecule has 0 bridgehead atoms. The smallest absolute Gasteiger partial charge is 0.275 e. The molecular formula is C52H49FN10O5S3. The first-order valence-electron chi connectivity index (χ1n) is 23.0. The van der Waals surface area contributed by atoms with Gasteiger partial charge in [-0.1, -0.05) is 60.7 Å². The second-order valence-corrected chi connectivity index (χ2v) is 20.9. The summed E-state index contributed by atoms with van der Waals surface area (Å²) in [6.45, 7) is 2.80. The van der Waals surface area contributed by atoms with Crippen LogP contribution >= 0.6 is 22.7 Å². The molecule has 2 aliphatic rings. The molecule has 362 valence electrons. The van der Waals surface area contributed by atoms with Gasteiger partial charge in [0.1, 0.15) is 39.1 Å². The number of nitrogen functional groups attached to an aromatic ring is 1. The van der Waals surface area contributed by atoms with Crippen molar-refractivity contribution < 1.29 is 26.8 Å². The highest BCUT2D eigenvalue weighted by Crippen LogP contribution is 2.37. The van der Waals surface area contributed by atoms with Crippen molar-refractivity contribution in [2.45, 2.75) is 42.7 Å². The molecule has 2 atom stereocenters. The summed E-state index contributed by atoms with van der Waals surface area (Å²) in [5.41, 5.74) is 24.4. The zero-order chi connectivity index (χ0) is 49.2. The molecule has 6 heterocycles. The van der Waals surface area contributed by atoms with E-state index in [0.717, 1.165) is 66.0 Å². The molecular weight excluding hydrogens is 960 g/mol. The number of hydrogen-bond acceptors (Lipinski definition) is 14. The molecule has 5 aromatic carbocycles. The maximum Gasteiger partial charge on any atom is 0.275 e. The number of carbonyl (C=O) groups is 2. The number of halogens is 1. The van der Waals surface area contributed by atoms with Crippen molar-refractivity contribution in [2.75, 3.05) is 52.3 Å². The van der Waals surface area contributed by atoms with Crippen LogP contribution in [0.15, 0.2) is 148 Å². The van der Waals surface area contributed by atoms with E-state index in [-0.39, 0.29) is 28.6 Å².